The number of anilines is 6. The second-order valence-corrected chi connectivity index (χ2v) is 30.1. The van der Waals surface area contributed by atoms with Crippen LogP contribution in [0, 0.1) is 0 Å². The number of furan rings is 4. The molecule has 7 aromatic heterocycles. The number of fused-ring (bicyclic) bond motifs is 27. The molecule has 24 rings (SSSR count). The van der Waals surface area contributed by atoms with Crippen molar-refractivity contribution in [3.8, 4) is 27.9 Å². The zero-order chi connectivity index (χ0) is 64.7. The third-order valence-electron chi connectivity index (χ3n) is 21.7. The van der Waals surface area contributed by atoms with Crippen LogP contribution in [0.2, 0.25) is 0 Å². The van der Waals surface area contributed by atoms with Gasteiger partial charge in [-0.1, -0.05) is 12.1 Å². The maximum atomic E-state index is 6.99. The summed E-state index contributed by atoms with van der Waals surface area (Å²) in [6.07, 6.45) is 0. The Bertz CT molecular complexity index is 6990. The normalized spacial score (nSPS) is 13.1. The number of para-hydroxylation sites is 6. The van der Waals surface area contributed by atoms with Crippen molar-refractivity contribution >= 4 is 232 Å². The van der Waals surface area contributed by atoms with E-state index in [4.69, 9.17) is 17.7 Å². The number of benzene rings is 15. The van der Waals surface area contributed by atoms with Gasteiger partial charge in [-0.15, -0.1) is 0 Å². The second kappa shape index (κ2) is 19.7. The molecule has 7 nitrogen and oxygen atoms in total. The van der Waals surface area contributed by atoms with E-state index >= 15 is 0 Å². The zero-order valence-electron chi connectivity index (χ0n) is 53.1. The molecule has 0 N–H and O–H groups in total. The fourth-order valence-corrected chi connectivity index (χ4v) is 21.7. The van der Waals surface area contributed by atoms with Gasteiger partial charge in [-0.05, 0) is 6.07 Å². The number of rotatable bonds is 5. The standard InChI is InChI=1S/C90H48BN3O4SSe/c1-9-27-64-52(19-1)53-20-2-10-28-65(53)92(64)51-45-68-86-69(46-51)94(67-30-18-36-79-85(67)57-24-6-14-34-75(57)98-79)71-48-61(50-40-42-77-63(44-50)55-22-4-12-32-73(55)96-77)83-59-26-8-16-38-81(59)100-90(83)88(71)91(86)87-70(93(68)66-29-17-35-78-84(66)56-23-5-13-33-74(56)97-78)47-60(82-58-25-7-15-37-80(58)99-89(82)87)49-39-41-76-62(43-49)54-21-3-11-31-72(54)95-76/h1-48H. The van der Waals surface area contributed by atoms with Gasteiger partial charge in [0, 0.05) is 0 Å². The van der Waals surface area contributed by atoms with Crippen molar-refractivity contribution in [2.24, 2.45) is 0 Å². The van der Waals surface area contributed by atoms with Crippen LogP contribution in [0.25, 0.3) is 177 Å². The molecule has 2 aliphatic rings. The maximum absolute atomic E-state index is 6.99. The number of hydrogen-bond donors (Lipinski definition) is 0. The Kier molecular flexibility index (Phi) is 10.6. The first-order chi connectivity index (χ1) is 49.6. The number of nitrogens with zero attached hydrogens (tertiary/aromatic N) is 3. The minimum atomic E-state index is -0.306. The van der Waals surface area contributed by atoms with Crippen LogP contribution in [0.4, 0.5) is 34.1 Å². The van der Waals surface area contributed by atoms with E-state index in [1.807, 2.05) is 11.3 Å². The van der Waals surface area contributed by atoms with Gasteiger partial charge in [0.05, 0.1) is 0 Å². The van der Waals surface area contributed by atoms with E-state index in [9.17, 15) is 0 Å². The van der Waals surface area contributed by atoms with E-state index in [0.717, 1.165) is 155 Å². The van der Waals surface area contributed by atoms with Crippen molar-refractivity contribution in [1.29, 1.82) is 0 Å². The molecule has 0 atom stereocenters. The Morgan fingerprint density at radius 3 is 1.30 bits per heavy atom. The van der Waals surface area contributed by atoms with Gasteiger partial charge in [0.2, 0.25) is 0 Å². The van der Waals surface area contributed by atoms with Crippen molar-refractivity contribution in [2.45, 2.75) is 0 Å². The van der Waals surface area contributed by atoms with Gasteiger partial charge in [0.15, 0.2) is 0 Å². The first-order valence-electron chi connectivity index (χ1n) is 34.0. The van der Waals surface area contributed by atoms with Gasteiger partial charge < -0.3 is 0 Å². The number of hydrogen-bond acceptors (Lipinski definition) is 7. The Morgan fingerprint density at radius 2 is 0.720 bits per heavy atom. The van der Waals surface area contributed by atoms with E-state index < -0.39 is 0 Å². The quantitative estimate of drug-likeness (QED) is 0.160. The minimum absolute atomic E-state index is 0.153. The molecule has 100 heavy (non-hydrogen) atoms. The van der Waals surface area contributed by atoms with Gasteiger partial charge in [-0.2, -0.15) is 0 Å². The summed E-state index contributed by atoms with van der Waals surface area (Å²) in [7, 11) is 0. The molecule has 9 heterocycles. The van der Waals surface area contributed by atoms with E-state index in [1.165, 1.54) is 72.2 Å². The van der Waals surface area contributed by atoms with Crippen LogP contribution in [0.15, 0.2) is 309 Å². The second-order valence-electron chi connectivity index (χ2n) is 26.8. The molecule has 0 saturated carbocycles. The van der Waals surface area contributed by atoms with Crippen molar-refractivity contribution in [2.75, 3.05) is 9.80 Å². The van der Waals surface area contributed by atoms with Crippen LogP contribution < -0.4 is 26.2 Å². The van der Waals surface area contributed by atoms with Crippen molar-refractivity contribution < 1.29 is 17.7 Å². The fourth-order valence-electron chi connectivity index (χ4n) is 17.7. The van der Waals surface area contributed by atoms with Crippen LogP contribution in [0.1, 0.15) is 0 Å². The Labute approximate surface area is 579 Å². The first-order valence-corrected chi connectivity index (χ1v) is 36.5. The molecule has 22 aromatic rings. The molecule has 462 valence electrons. The van der Waals surface area contributed by atoms with Crippen molar-refractivity contribution in [3.63, 3.8) is 0 Å². The van der Waals surface area contributed by atoms with Crippen LogP contribution in [0.3, 0.4) is 0 Å². The molecular weight excluding hydrogens is 1310 g/mol. The topological polar surface area (TPSA) is 64.0 Å². The fraction of sp³-hybridized carbons (Fsp3) is 0. The predicted molar refractivity (Wildman–Crippen MR) is 420 cm³/mol. The van der Waals surface area contributed by atoms with E-state index in [2.05, 4.69) is 306 Å². The number of thiophene rings is 1. The van der Waals surface area contributed by atoms with E-state index in [1.54, 1.807) is 0 Å². The summed E-state index contributed by atoms with van der Waals surface area (Å²) >= 11 is 1.77. The van der Waals surface area contributed by atoms with Crippen LogP contribution in [-0.2, 0) is 0 Å². The molecule has 0 fully saturated rings. The van der Waals surface area contributed by atoms with Crippen LogP contribution in [0.5, 0.6) is 0 Å². The van der Waals surface area contributed by atoms with Crippen LogP contribution >= 0.6 is 11.3 Å². The van der Waals surface area contributed by atoms with Crippen molar-refractivity contribution in [3.05, 3.63) is 291 Å². The van der Waals surface area contributed by atoms with Crippen LogP contribution in [-0.4, -0.2) is 25.8 Å². The van der Waals surface area contributed by atoms with E-state index in [-0.39, 0.29) is 21.2 Å². The predicted octanol–water partition coefficient (Wildman–Crippen LogP) is 23.5. The zero-order valence-corrected chi connectivity index (χ0v) is 55.6. The molecular formula is C90H48BN3O4SSe. The average Bonchev–Trinajstić information content (AvgIpc) is 1.18. The SMILES string of the molecule is c1ccc2c(c1)oc1ccc(-c3cc4c(c5sc6ccccc6c35)B3c5c(cc(-n6c7ccccc7c7ccccc76)cc5N(c5cccc6oc7ccccc7c56)c5cc(-c6ccc7oc8ccccc8c7c6)c6c([se]c7ccccc76)c53)N4c3cccc4oc5ccccc5c34)cc12. The number of aromatic nitrogens is 1. The third kappa shape index (κ3) is 7.13. The molecule has 2 aliphatic heterocycles. The molecule has 0 bridgehead atoms. The molecule has 10 heteroatoms. The molecule has 0 radical (unpaired) electrons. The average molecular weight is 1360 g/mol. The third-order valence-corrected chi connectivity index (χ3v) is 25.5. The van der Waals surface area contributed by atoms with Gasteiger partial charge >= 0.3 is 565 Å². The summed E-state index contributed by atoms with van der Waals surface area (Å²) in [5, 5.41) is 16.1. The summed E-state index contributed by atoms with van der Waals surface area (Å²) in [5.74, 6) is 0. The van der Waals surface area contributed by atoms with E-state index in [0.29, 0.717) is 0 Å². The molecule has 15 aromatic carbocycles. The first kappa shape index (κ1) is 53.8. The van der Waals surface area contributed by atoms with Gasteiger partial charge in [-0.3, -0.25) is 0 Å². The van der Waals surface area contributed by atoms with Crippen molar-refractivity contribution in [1.82, 2.24) is 4.57 Å². The summed E-state index contributed by atoms with van der Waals surface area (Å²) in [6.45, 7) is -0.306. The van der Waals surface area contributed by atoms with Gasteiger partial charge in [-0.25, -0.2) is 0 Å². The summed E-state index contributed by atoms with van der Waals surface area (Å²) in [5.41, 5.74) is 25.1. The van der Waals surface area contributed by atoms with Gasteiger partial charge in [0.25, 0.3) is 0 Å². The molecule has 0 unspecified atom stereocenters. The molecule has 0 aliphatic carbocycles. The summed E-state index contributed by atoms with van der Waals surface area (Å²) < 4.78 is 35.0. The Balaban J connectivity index is 0.929. The van der Waals surface area contributed by atoms with Gasteiger partial charge in [0.1, 0.15) is 0 Å². The Hall–Kier alpha value is -12.3. The monoisotopic (exact) mass is 1360 g/mol. The summed E-state index contributed by atoms with van der Waals surface area (Å²) in [4.78, 5) is 5.32. The molecule has 0 spiro atoms. The summed E-state index contributed by atoms with van der Waals surface area (Å²) in [6, 6.07) is 108. The Morgan fingerprint density at radius 1 is 0.290 bits per heavy atom. The molecule has 0 amide bonds. The molecule has 0 saturated heterocycles.